The summed E-state index contributed by atoms with van der Waals surface area (Å²) >= 11 is 0. The van der Waals surface area contributed by atoms with Crippen LogP contribution >= 0.6 is 0 Å². The number of fused-ring (bicyclic) bond motifs is 16. The Kier molecular flexibility index (Phi) is 7.84. The molecule has 14 aromatic carbocycles. The zero-order chi connectivity index (χ0) is 81.1. The number of rotatable bonds is 7. The molecule has 2 aliphatic heterocycles. The summed E-state index contributed by atoms with van der Waals surface area (Å²) in [6, 6.07) is 42.5. The third kappa shape index (κ3) is 7.93. The van der Waals surface area contributed by atoms with Gasteiger partial charge in [-0.05, 0) is 146 Å². The first-order valence-electron chi connectivity index (χ1n) is 41.7. The highest BCUT2D eigenvalue weighted by Crippen LogP contribution is 2.54. The van der Waals surface area contributed by atoms with Crippen molar-refractivity contribution in [3.63, 3.8) is 0 Å². The summed E-state index contributed by atoms with van der Waals surface area (Å²) in [6.07, 6.45) is 0. The Morgan fingerprint density at radius 1 is 0.337 bits per heavy atom. The second-order valence-corrected chi connectivity index (χ2v) is 25.2. The first kappa shape index (κ1) is 36.8. The molecule has 446 valence electrons. The molecule has 20 rings (SSSR count). The van der Waals surface area contributed by atoms with Crippen molar-refractivity contribution in [2.75, 3.05) is 9.80 Å². The molecule has 0 saturated carbocycles. The van der Waals surface area contributed by atoms with Crippen molar-refractivity contribution in [3.8, 4) is 44.8 Å². The van der Waals surface area contributed by atoms with Gasteiger partial charge in [-0.1, -0.05) is 233 Å². The molecule has 0 unspecified atom stereocenters. The Labute approximate surface area is 578 Å². The summed E-state index contributed by atoms with van der Waals surface area (Å²) in [4.78, 5) is 4.06. The molecule has 6 nitrogen and oxygen atoms in total. The Balaban J connectivity index is 1.05. The van der Waals surface area contributed by atoms with Crippen LogP contribution < -0.4 is 26.2 Å². The van der Waals surface area contributed by atoms with Crippen LogP contribution in [-0.2, 0) is 5.41 Å². The molecule has 95 heavy (non-hydrogen) atoms. The van der Waals surface area contributed by atoms with E-state index in [1.807, 2.05) is 149 Å². The topological polar surface area (TPSA) is 42.6 Å². The normalized spacial score (nSPS) is 16.0. The Hall–Kier alpha value is -12.1. The van der Waals surface area contributed by atoms with Crippen molar-refractivity contribution in [1.82, 2.24) is 9.13 Å². The SMILES string of the molecule is [2H]c1c([2H])c([2H])c(-c2ccc3c(c2)N(c2c(-c4cccc(C(C)(C)C)c4)ccc4oc5ccccc5c24)c2cc(-n4c5c([2H])c([2H])c([2H])c([2H])c5c5c([2H])c([2H])c([2H])c([2H])c54)cc4c2B3c2ccc(-n3c5c([2H])c([2H])c([2H])c([2H])c5c5c([2H])c([2H])c([2H])c([2H])c53)cc2N4c2cc(-c3ccccc3)cc3oc4ccccc4c23)c([2H])c1[2H]. The number of nitrogens with zero attached hydrogens (tertiary/aromatic N) is 4. The minimum Gasteiger partial charge on any atom is -0.456 e. The maximum Gasteiger partial charge on any atom is 0.252 e. The molecule has 0 spiro atoms. The lowest BCUT2D eigenvalue weighted by atomic mass is 9.33. The maximum atomic E-state index is 10.1. The lowest BCUT2D eigenvalue weighted by molar-refractivity contribution is 0.590. The van der Waals surface area contributed by atoms with Crippen molar-refractivity contribution >= 4 is 145 Å². The van der Waals surface area contributed by atoms with E-state index in [0.29, 0.717) is 106 Å². The average molecular weight is 1240 g/mol. The molecule has 0 atom stereocenters. The highest BCUT2D eigenvalue weighted by Gasteiger charge is 2.46. The van der Waals surface area contributed by atoms with E-state index in [-0.39, 0.29) is 66.1 Å². The van der Waals surface area contributed by atoms with Gasteiger partial charge in [0.05, 0.1) is 78.7 Å². The molecule has 7 heteroatoms. The van der Waals surface area contributed by atoms with Crippen molar-refractivity contribution in [1.29, 1.82) is 0 Å². The second-order valence-electron chi connectivity index (χ2n) is 25.2. The number of para-hydroxylation sites is 6. The summed E-state index contributed by atoms with van der Waals surface area (Å²) in [5, 5.41) is 1.73. The monoisotopic (exact) mass is 1240 g/mol. The van der Waals surface area contributed by atoms with Crippen molar-refractivity contribution in [2.24, 2.45) is 0 Å². The van der Waals surface area contributed by atoms with Crippen molar-refractivity contribution in [3.05, 3.63) is 308 Å². The largest absolute Gasteiger partial charge is 0.456 e. The number of aromatic nitrogens is 2. The molecule has 0 amide bonds. The molecule has 18 aromatic rings. The van der Waals surface area contributed by atoms with Crippen LogP contribution in [0.25, 0.3) is 132 Å². The molecule has 0 fully saturated rings. The van der Waals surface area contributed by atoms with Gasteiger partial charge in [0.1, 0.15) is 22.3 Å². The Bertz CT molecular complexity index is 7390. The summed E-state index contributed by atoms with van der Waals surface area (Å²) in [7, 11) is 0. The lowest BCUT2D eigenvalue weighted by Crippen LogP contribution is -2.61. The van der Waals surface area contributed by atoms with Gasteiger partial charge in [-0.3, -0.25) is 0 Å². The smallest absolute Gasteiger partial charge is 0.252 e. The predicted octanol–water partition coefficient (Wildman–Crippen LogP) is 22.1. The quantitative estimate of drug-likeness (QED) is 0.149. The fourth-order valence-electron chi connectivity index (χ4n) is 14.9. The molecule has 0 aliphatic carbocycles. The van der Waals surface area contributed by atoms with Crippen LogP contribution in [0.15, 0.2) is 312 Å². The third-order valence-electron chi connectivity index (χ3n) is 19.0. The first-order chi connectivity index (χ1) is 55.5. The lowest BCUT2D eigenvalue weighted by Gasteiger charge is -2.45. The first-order valence-corrected chi connectivity index (χ1v) is 31.2. The summed E-state index contributed by atoms with van der Waals surface area (Å²) in [5.41, 5.74) is 8.81. The zero-order valence-corrected chi connectivity index (χ0v) is 50.9. The number of hydrogen-bond donors (Lipinski definition) is 0. The number of anilines is 6. The maximum absolute atomic E-state index is 10.1. The van der Waals surface area contributed by atoms with Crippen LogP contribution in [0.5, 0.6) is 0 Å². The highest BCUT2D eigenvalue weighted by atomic mass is 16.3. The van der Waals surface area contributed by atoms with Gasteiger partial charge >= 0.3 is 0 Å². The Morgan fingerprint density at radius 3 is 1.52 bits per heavy atom. The van der Waals surface area contributed by atoms with Crippen LogP contribution in [0.1, 0.15) is 55.1 Å². The van der Waals surface area contributed by atoms with Crippen molar-refractivity contribution in [2.45, 2.75) is 26.2 Å². The van der Waals surface area contributed by atoms with Gasteiger partial charge in [-0.15, -0.1) is 0 Å². The van der Waals surface area contributed by atoms with Gasteiger partial charge in [-0.2, -0.15) is 0 Å². The van der Waals surface area contributed by atoms with Gasteiger partial charge in [0.15, 0.2) is 0 Å². The summed E-state index contributed by atoms with van der Waals surface area (Å²) in [6.45, 7) is 5.34. The molecular weight excluding hydrogens is 1160 g/mol. The van der Waals surface area contributed by atoms with Gasteiger partial charge in [0.2, 0.25) is 0 Å². The third-order valence-corrected chi connectivity index (χ3v) is 19.0. The highest BCUT2D eigenvalue weighted by molar-refractivity contribution is 7.00. The van der Waals surface area contributed by atoms with E-state index in [4.69, 9.17) is 15.7 Å². The van der Waals surface area contributed by atoms with E-state index >= 15 is 0 Å². The molecule has 2 aliphatic rings. The average Bonchev–Trinajstić information content (AvgIpc) is 1.50. The van der Waals surface area contributed by atoms with Gasteiger partial charge < -0.3 is 27.8 Å². The van der Waals surface area contributed by atoms with E-state index in [0.717, 1.165) is 16.7 Å². The van der Waals surface area contributed by atoms with E-state index in [1.165, 1.54) is 9.13 Å². The minimum absolute atomic E-state index is 0.0785. The molecular formula is C88H59BN4O2. The summed E-state index contributed by atoms with van der Waals surface area (Å²) in [5.74, 6) is 0. The number of hydrogen-bond acceptors (Lipinski definition) is 4. The van der Waals surface area contributed by atoms with Gasteiger partial charge in [0, 0.05) is 66.3 Å². The number of furan rings is 2. The van der Waals surface area contributed by atoms with Crippen LogP contribution in [0.2, 0.25) is 0 Å². The molecule has 4 aromatic heterocycles. The fraction of sp³-hybridized carbons (Fsp3) is 0.0455. The van der Waals surface area contributed by atoms with Crippen LogP contribution in [0.3, 0.4) is 0 Å². The second kappa shape index (κ2) is 20.2. The van der Waals surface area contributed by atoms with E-state index in [1.54, 1.807) is 24.3 Å². The van der Waals surface area contributed by atoms with Crippen LogP contribution in [0.4, 0.5) is 34.1 Å². The molecule has 0 bridgehead atoms. The molecule has 6 heterocycles. The van der Waals surface area contributed by atoms with Gasteiger partial charge in [0.25, 0.3) is 6.71 Å². The molecule has 0 saturated heterocycles. The van der Waals surface area contributed by atoms with Crippen LogP contribution in [-0.4, -0.2) is 15.8 Å². The number of benzene rings is 14. The molecule has 0 radical (unpaired) electrons. The summed E-state index contributed by atoms with van der Waals surface area (Å²) < 4.78 is 216. The van der Waals surface area contributed by atoms with E-state index in [2.05, 4.69) is 32.9 Å². The predicted molar refractivity (Wildman–Crippen MR) is 399 cm³/mol. The fourth-order valence-corrected chi connectivity index (χ4v) is 14.9. The minimum atomic E-state index is -1.00. The standard InChI is InChI=1S/C88H59BN4O2/c1-88(2,3)59-28-22-27-57(47-59)62-43-46-82-85(68-34-15-21-40-81(68)94-82)87(62)93-75-48-56(54-23-6-4-7-24-54)41-44-69(75)89-70-45-42-60(90-71-35-16-10-29-63(71)64-30-11-17-36-72(64)90)51-76(70)92(77-49-58(55-25-8-5-9-26-55)50-83-84(77)67-33-14-20-39-80(67)95-83)78-52-61(53-79(93)86(78)89)91-73-37-18-12-31-65(73)66-32-13-19-38-74(66)91/h4-53H,1-3H3/i4D,6D,7D,10D,11D,12D,13D,16D,17D,18D,19D,23D,24D,29D,30D,31D,32D,35D,36D,37D,38D. The van der Waals surface area contributed by atoms with Crippen molar-refractivity contribution < 1.29 is 37.6 Å². The Morgan fingerprint density at radius 2 is 0.863 bits per heavy atom. The van der Waals surface area contributed by atoms with E-state index < -0.39 is 139 Å². The van der Waals surface area contributed by atoms with Gasteiger partial charge in [-0.25, -0.2) is 0 Å². The molecule has 0 N–H and O–H groups in total. The zero-order valence-electron chi connectivity index (χ0n) is 71.9. The van der Waals surface area contributed by atoms with Crippen LogP contribution in [0, 0.1) is 0 Å². The van der Waals surface area contributed by atoms with E-state index in [9.17, 15) is 21.9 Å².